The predicted octanol–water partition coefficient (Wildman–Crippen LogP) is 4.56. The normalized spacial score (nSPS) is 11.0. The molecule has 28 heavy (non-hydrogen) atoms. The summed E-state index contributed by atoms with van der Waals surface area (Å²) in [5, 5.41) is 16.0. The number of benzene rings is 3. The fourth-order valence-corrected chi connectivity index (χ4v) is 3.52. The van der Waals surface area contributed by atoms with Crippen LogP contribution in [0.3, 0.4) is 0 Å². The molecule has 0 aliphatic rings. The van der Waals surface area contributed by atoms with Crippen LogP contribution in [-0.2, 0) is 6.54 Å². The van der Waals surface area contributed by atoms with Gasteiger partial charge in [-0.05, 0) is 43.3 Å². The topological polar surface area (TPSA) is 103 Å². The molecular formula is C21H18N4O3. The molecule has 0 unspecified atom stereocenters. The van der Waals surface area contributed by atoms with Crippen molar-refractivity contribution < 1.29 is 9.72 Å². The summed E-state index contributed by atoms with van der Waals surface area (Å²) in [7, 11) is 0. The third kappa shape index (κ3) is 2.83. The van der Waals surface area contributed by atoms with Gasteiger partial charge in [-0.3, -0.25) is 14.9 Å². The zero-order valence-electron chi connectivity index (χ0n) is 15.2. The predicted molar refractivity (Wildman–Crippen MR) is 111 cm³/mol. The Morgan fingerprint density at radius 2 is 1.82 bits per heavy atom. The van der Waals surface area contributed by atoms with Crippen LogP contribution in [0.25, 0.3) is 21.8 Å². The van der Waals surface area contributed by atoms with Crippen LogP contribution in [0, 0.1) is 10.1 Å². The number of nitrogens with two attached hydrogens (primary N) is 1. The lowest BCUT2D eigenvalue weighted by atomic mass is 10.1. The van der Waals surface area contributed by atoms with Crippen molar-refractivity contribution in [3.8, 4) is 0 Å². The van der Waals surface area contributed by atoms with Crippen LogP contribution >= 0.6 is 0 Å². The van der Waals surface area contributed by atoms with Crippen molar-refractivity contribution in [3.63, 3.8) is 0 Å². The molecule has 140 valence electrons. The summed E-state index contributed by atoms with van der Waals surface area (Å²) < 4.78 is 2.22. The highest BCUT2D eigenvalue weighted by Gasteiger charge is 2.16. The second kappa shape index (κ2) is 6.70. The molecule has 1 aromatic heterocycles. The first-order valence-corrected chi connectivity index (χ1v) is 8.86. The molecule has 0 spiro atoms. The summed E-state index contributed by atoms with van der Waals surface area (Å²) in [6, 6.07) is 17.9. The van der Waals surface area contributed by atoms with Gasteiger partial charge in [-0.15, -0.1) is 0 Å². The van der Waals surface area contributed by atoms with E-state index in [2.05, 4.69) is 28.9 Å². The maximum atomic E-state index is 12.6. The SMILES string of the molecule is CCn1c2ccccc2c2cc(NC(=O)c3ccc(N)c([N+](=O)[O-])c3)ccc21. The van der Waals surface area contributed by atoms with Crippen molar-refractivity contribution >= 4 is 44.8 Å². The summed E-state index contributed by atoms with van der Waals surface area (Å²) in [6.07, 6.45) is 0. The average Bonchev–Trinajstić information content (AvgIpc) is 3.01. The number of aromatic nitrogens is 1. The Morgan fingerprint density at radius 3 is 2.57 bits per heavy atom. The highest BCUT2D eigenvalue weighted by Crippen LogP contribution is 2.31. The molecule has 1 heterocycles. The minimum atomic E-state index is -0.599. The van der Waals surface area contributed by atoms with Crippen LogP contribution < -0.4 is 11.1 Å². The van der Waals surface area contributed by atoms with Gasteiger partial charge >= 0.3 is 0 Å². The summed E-state index contributed by atoms with van der Waals surface area (Å²) in [5.74, 6) is -0.429. The van der Waals surface area contributed by atoms with Gasteiger partial charge in [0.2, 0.25) is 0 Å². The van der Waals surface area contributed by atoms with Crippen LogP contribution in [-0.4, -0.2) is 15.4 Å². The molecule has 0 aliphatic heterocycles. The lowest BCUT2D eigenvalue weighted by Crippen LogP contribution is -2.12. The second-order valence-electron chi connectivity index (χ2n) is 6.48. The molecular weight excluding hydrogens is 356 g/mol. The third-order valence-corrected chi connectivity index (χ3v) is 4.84. The number of nitro benzene ring substituents is 1. The van der Waals surface area contributed by atoms with Crippen molar-refractivity contribution in [2.24, 2.45) is 0 Å². The van der Waals surface area contributed by atoms with E-state index in [1.807, 2.05) is 30.3 Å². The van der Waals surface area contributed by atoms with Crippen molar-refractivity contribution in [2.45, 2.75) is 13.5 Å². The summed E-state index contributed by atoms with van der Waals surface area (Å²) in [6.45, 7) is 2.93. The van der Waals surface area contributed by atoms with Gasteiger partial charge in [0.25, 0.3) is 11.6 Å². The fraction of sp³-hybridized carbons (Fsp3) is 0.0952. The quantitative estimate of drug-likeness (QED) is 0.310. The molecule has 4 aromatic rings. The molecule has 3 aromatic carbocycles. The average molecular weight is 374 g/mol. The molecule has 0 saturated heterocycles. The van der Waals surface area contributed by atoms with Crippen LogP contribution in [0.2, 0.25) is 0 Å². The summed E-state index contributed by atoms with van der Waals surface area (Å²) >= 11 is 0. The van der Waals surface area contributed by atoms with Crippen LogP contribution in [0.5, 0.6) is 0 Å². The Balaban J connectivity index is 1.72. The van der Waals surface area contributed by atoms with E-state index in [1.54, 1.807) is 0 Å². The van der Waals surface area contributed by atoms with Crippen LogP contribution in [0.4, 0.5) is 17.1 Å². The maximum absolute atomic E-state index is 12.6. The first-order valence-electron chi connectivity index (χ1n) is 8.86. The van der Waals surface area contributed by atoms with E-state index in [0.717, 1.165) is 28.4 Å². The minimum Gasteiger partial charge on any atom is -0.393 e. The number of nitro groups is 1. The number of fused-ring (bicyclic) bond motifs is 3. The van der Waals surface area contributed by atoms with Crippen LogP contribution in [0.15, 0.2) is 60.7 Å². The van der Waals surface area contributed by atoms with Gasteiger partial charge in [-0.25, -0.2) is 0 Å². The monoisotopic (exact) mass is 374 g/mol. The number of para-hydroxylation sites is 1. The van der Waals surface area contributed by atoms with Gasteiger partial charge in [0, 0.05) is 45.7 Å². The zero-order chi connectivity index (χ0) is 19.8. The number of hydrogen-bond donors (Lipinski definition) is 2. The lowest BCUT2D eigenvalue weighted by Gasteiger charge is -2.07. The van der Waals surface area contributed by atoms with E-state index in [1.165, 1.54) is 18.2 Å². The number of nitrogens with zero attached hydrogens (tertiary/aromatic N) is 2. The maximum Gasteiger partial charge on any atom is 0.292 e. The Bertz CT molecular complexity index is 1240. The minimum absolute atomic E-state index is 0.0235. The Labute approximate surface area is 160 Å². The highest BCUT2D eigenvalue weighted by atomic mass is 16.6. The number of nitrogen functional groups attached to an aromatic ring is 1. The van der Waals surface area contributed by atoms with E-state index >= 15 is 0 Å². The first-order chi connectivity index (χ1) is 13.5. The fourth-order valence-electron chi connectivity index (χ4n) is 3.52. The van der Waals surface area contributed by atoms with Gasteiger partial charge < -0.3 is 15.6 Å². The van der Waals surface area contributed by atoms with Gasteiger partial charge in [0.15, 0.2) is 0 Å². The van der Waals surface area contributed by atoms with Crippen molar-refractivity contribution in [1.82, 2.24) is 4.57 Å². The summed E-state index contributed by atoms with van der Waals surface area (Å²) in [4.78, 5) is 23.0. The Kier molecular flexibility index (Phi) is 4.19. The molecule has 7 heteroatoms. The van der Waals surface area contributed by atoms with Gasteiger partial charge in [-0.2, -0.15) is 0 Å². The van der Waals surface area contributed by atoms with Crippen LogP contribution in [0.1, 0.15) is 17.3 Å². The molecule has 0 radical (unpaired) electrons. The third-order valence-electron chi connectivity index (χ3n) is 4.84. The number of rotatable bonds is 4. The van der Waals surface area contributed by atoms with Gasteiger partial charge in [-0.1, -0.05) is 18.2 Å². The van der Waals surface area contributed by atoms with E-state index in [4.69, 9.17) is 5.73 Å². The second-order valence-corrected chi connectivity index (χ2v) is 6.48. The molecule has 0 atom stereocenters. The zero-order valence-corrected chi connectivity index (χ0v) is 15.2. The van der Waals surface area contributed by atoms with Gasteiger partial charge in [0.05, 0.1) is 4.92 Å². The number of carbonyl (C=O) groups excluding carboxylic acids is 1. The molecule has 4 rings (SSSR count). The molecule has 0 aliphatic carbocycles. The highest BCUT2D eigenvalue weighted by molar-refractivity contribution is 6.11. The molecule has 0 saturated carbocycles. The van der Waals surface area contributed by atoms with E-state index in [0.29, 0.717) is 5.69 Å². The van der Waals surface area contributed by atoms with Crippen molar-refractivity contribution in [1.29, 1.82) is 0 Å². The van der Waals surface area contributed by atoms with Crippen molar-refractivity contribution in [2.75, 3.05) is 11.1 Å². The molecule has 1 amide bonds. The summed E-state index contributed by atoms with van der Waals surface area (Å²) in [5.41, 5.74) is 8.36. The first kappa shape index (κ1) is 17.5. The number of nitrogens with one attached hydrogen (secondary N) is 1. The molecule has 0 bridgehead atoms. The smallest absolute Gasteiger partial charge is 0.292 e. The van der Waals surface area contributed by atoms with E-state index in [9.17, 15) is 14.9 Å². The van der Waals surface area contributed by atoms with E-state index < -0.39 is 10.8 Å². The Morgan fingerprint density at radius 1 is 1.07 bits per heavy atom. The van der Waals surface area contributed by atoms with E-state index in [-0.39, 0.29) is 16.9 Å². The molecule has 7 nitrogen and oxygen atoms in total. The van der Waals surface area contributed by atoms with Gasteiger partial charge in [0.1, 0.15) is 5.69 Å². The number of anilines is 2. The molecule has 3 N–H and O–H groups in total. The number of carbonyl (C=O) groups is 1. The lowest BCUT2D eigenvalue weighted by molar-refractivity contribution is -0.383. The largest absolute Gasteiger partial charge is 0.393 e. The number of amides is 1. The number of hydrogen-bond acceptors (Lipinski definition) is 4. The van der Waals surface area contributed by atoms with Crippen molar-refractivity contribution in [3.05, 3.63) is 76.3 Å². The number of aryl methyl sites for hydroxylation is 1. The Hall–Kier alpha value is -3.87. The standard InChI is InChI=1S/C21H18N4O3/c1-2-24-18-6-4-3-5-15(18)16-12-14(8-10-19(16)24)23-21(26)13-7-9-17(22)20(11-13)25(27)28/h3-12H,2,22H2,1H3,(H,23,26). The molecule has 0 fully saturated rings.